The quantitative estimate of drug-likeness (QED) is 0.869. The summed E-state index contributed by atoms with van der Waals surface area (Å²) in [5.41, 5.74) is 2.99. The summed E-state index contributed by atoms with van der Waals surface area (Å²) >= 11 is 0. The molecule has 0 radical (unpaired) electrons. The molecule has 2 nitrogen and oxygen atoms in total. The normalized spacial score (nSPS) is 23.2. The van der Waals surface area contributed by atoms with Crippen LogP contribution in [-0.4, -0.2) is 11.1 Å². The van der Waals surface area contributed by atoms with Crippen molar-refractivity contribution >= 4 is 5.97 Å². The van der Waals surface area contributed by atoms with Crippen molar-refractivity contribution in [3.8, 4) is 0 Å². The van der Waals surface area contributed by atoms with Gasteiger partial charge in [-0.15, -0.1) is 0 Å². The molecular weight excluding hydrogens is 248 g/mol. The second-order valence-electron chi connectivity index (χ2n) is 7.15. The van der Waals surface area contributed by atoms with Gasteiger partial charge in [-0.3, -0.25) is 4.79 Å². The summed E-state index contributed by atoms with van der Waals surface area (Å²) in [7, 11) is 0. The van der Waals surface area contributed by atoms with Gasteiger partial charge in [0.05, 0.1) is 5.92 Å². The topological polar surface area (TPSA) is 37.3 Å². The van der Waals surface area contributed by atoms with Gasteiger partial charge in [-0.1, -0.05) is 51.5 Å². The smallest absolute Gasteiger partial charge is 0.306 e. The molecule has 2 rings (SSSR count). The van der Waals surface area contributed by atoms with Gasteiger partial charge in [0.2, 0.25) is 0 Å². The zero-order valence-electron chi connectivity index (χ0n) is 12.9. The SMILES string of the molecule is CC(Cc1cccc(C2CCCC(C)(C)C2)c1)C(=O)O. The molecule has 20 heavy (non-hydrogen) atoms. The van der Waals surface area contributed by atoms with Crippen molar-refractivity contribution in [2.24, 2.45) is 11.3 Å². The van der Waals surface area contributed by atoms with E-state index in [1.807, 2.05) is 0 Å². The Balaban J connectivity index is 2.11. The molecule has 0 amide bonds. The Morgan fingerprint density at radius 2 is 2.20 bits per heavy atom. The van der Waals surface area contributed by atoms with Crippen LogP contribution >= 0.6 is 0 Å². The Morgan fingerprint density at radius 1 is 1.45 bits per heavy atom. The van der Waals surface area contributed by atoms with E-state index in [1.165, 1.54) is 31.2 Å². The molecule has 1 N–H and O–H groups in total. The summed E-state index contributed by atoms with van der Waals surface area (Å²) in [6.45, 7) is 6.49. The molecule has 0 heterocycles. The number of aliphatic carboxylic acids is 1. The van der Waals surface area contributed by atoms with Crippen LogP contribution < -0.4 is 0 Å². The van der Waals surface area contributed by atoms with Gasteiger partial charge < -0.3 is 5.11 Å². The van der Waals surface area contributed by atoms with Crippen LogP contribution in [0.5, 0.6) is 0 Å². The first-order chi connectivity index (χ1) is 9.37. The molecule has 0 aliphatic heterocycles. The first kappa shape index (κ1) is 15.1. The van der Waals surface area contributed by atoms with Crippen molar-refractivity contribution in [3.05, 3.63) is 35.4 Å². The van der Waals surface area contributed by atoms with Crippen LogP contribution in [0.15, 0.2) is 24.3 Å². The highest BCUT2D eigenvalue weighted by Crippen LogP contribution is 2.43. The maximum atomic E-state index is 11.0. The number of carbonyl (C=O) groups is 1. The molecule has 1 saturated carbocycles. The number of carboxylic acid groups (broad SMARTS) is 1. The lowest BCUT2D eigenvalue weighted by atomic mass is 9.70. The van der Waals surface area contributed by atoms with E-state index in [4.69, 9.17) is 5.11 Å². The molecule has 1 aliphatic carbocycles. The molecule has 1 fully saturated rings. The lowest BCUT2D eigenvalue weighted by Gasteiger charge is -2.35. The summed E-state index contributed by atoms with van der Waals surface area (Å²) in [4.78, 5) is 11.0. The predicted octanol–water partition coefficient (Wildman–Crippen LogP) is 4.63. The number of benzene rings is 1. The fourth-order valence-electron chi connectivity index (χ4n) is 3.40. The maximum absolute atomic E-state index is 11.0. The lowest BCUT2D eigenvalue weighted by molar-refractivity contribution is -0.141. The van der Waals surface area contributed by atoms with E-state index in [9.17, 15) is 4.79 Å². The minimum Gasteiger partial charge on any atom is -0.481 e. The highest BCUT2D eigenvalue weighted by molar-refractivity contribution is 5.69. The first-order valence-corrected chi connectivity index (χ1v) is 7.69. The van der Waals surface area contributed by atoms with Crippen molar-refractivity contribution < 1.29 is 9.90 Å². The lowest BCUT2D eigenvalue weighted by Crippen LogP contribution is -2.21. The average Bonchev–Trinajstić information content (AvgIpc) is 2.37. The van der Waals surface area contributed by atoms with Crippen LogP contribution in [0.3, 0.4) is 0 Å². The largest absolute Gasteiger partial charge is 0.481 e. The molecule has 2 heteroatoms. The van der Waals surface area contributed by atoms with Gasteiger partial charge in [-0.05, 0) is 48.1 Å². The molecule has 0 saturated heterocycles. The summed E-state index contributed by atoms with van der Waals surface area (Å²) < 4.78 is 0. The number of hydrogen-bond donors (Lipinski definition) is 1. The van der Waals surface area contributed by atoms with Crippen LogP contribution in [0, 0.1) is 11.3 Å². The summed E-state index contributed by atoms with van der Waals surface area (Å²) in [6, 6.07) is 8.57. The van der Waals surface area contributed by atoms with E-state index in [0.717, 1.165) is 5.56 Å². The van der Waals surface area contributed by atoms with Crippen molar-refractivity contribution in [2.45, 2.75) is 58.8 Å². The van der Waals surface area contributed by atoms with E-state index in [2.05, 4.69) is 38.1 Å². The second kappa shape index (κ2) is 5.99. The Bertz CT molecular complexity index is 476. The van der Waals surface area contributed by atoms with Gasteiger partial charge in [0, 0.05) is 0 Å². The highest BCUT2D eigenvalue weighted by atomic mass is 16.4. The fourth-order valence-corrected chi connectivity index (χ4v) is 3.40. The first-order valence-electron chi connectivity index (χ1n) is 7.69. The van der Waals surface area contributed by atoms with E-state index in [-0.39, 0.29) is 5.92 Å². The van der Waals surface area contributed by atoms with E-state index < -0.39 is 5.97 Å². The molecule has 2 atom stereocenters. The molecule has 1 aliphatic rings. The third kappa shape index (κ3) is 3.84. The van der Waals surface area contributed by atoms with Crippen molar-refractivity contribution in [3.63, 3.8) is 0 Å². The summed E-state index contributed by atoms with van der Waals surface area (Å²) in [5.74, 6) is -0.388. The van der Waals surface area contributed by atoms with Crippen LogP contribution in [0.2, 0.25) is 0 Å². The molecule has 0 spiro atoms. The Morgan fingerprint density at radius 3 is 2.85 bits per heavy atom. The van der Waals surface area contributed by atoms with Gasteiger partial charge in [-0.2, -0.15) is 0 Å². The van der Waals surface area contributed by atoms with Gasteiger partial charge in [0.15, 0.2) is 0 Å². The number of hydrogen-bond acceptors (Lipinski definition) is 1. The predicted molar refractivity (Wildman–Crippen MR) is 81.9 cm³/mol. The second-order valence-corrected chi connectivity index (χ2v) is 7.15. The summed E-state index contributed by atoms with van der Waals surface area (Å²) in [6.07, 6.45) is 5.75. The molecule has 0 aromatic heterocycles. The minimum absolute atomic E-state index is 0.312. The zero-order valence-corrected chi connectivity index (χ0v) is 12.9. The molecule has 2 unspecified atom stereocenters. The highest BCUT2D eigenvalue weighted by Gasteiger charge is 2.28. The maximum Gasteiger partial charge on any atom is 0.306 e. The van der Waals surface area contributed by atoms with Gasteiger partial charge in [-0.25, -0.2) is 0 Å². The van der Waals surface area contributed by atoms with Crippen LogP contribution in [-0.2, 0) is 11.2 Å². The molecule has 0 bridgehead atoms. The Hall–Kier alpha value is -1.31. The summed E-state index contributed by atoms with van der Waals surface area (Å²) in [5, 5.41) is 9.03. The van der Waals surface area contributed by atoms with Crippen molar-refractivity contribution in [2.75, 3.05) is 0 Å². The average molecular weight is 274 g/mol. The number of carboxylic acids is 1. The minimum atomic E-state index is -0.714. The molecule has 1 aromatic rings. The van der Waals surface area contributed by atoms with Gasteiger partial charge in [0.25, 0.3) is 0 Å². The van der Waals surface area contributed by atoms with Crippen LogP contribution in [0.4, 0.5) is 0 Å². The molecule has 110 valence electrons. The van der Waals surface area contributed by atoms with Gasteiger partial charge >= 0.3 is 5.97 Å². The monoisotopic (exact) mass is 274 g/mol. The van der Waals surface area contributed by atoms with Gasteiger partial charge in [0.1, 0.15) is 0 Å². The fraction of sp³-hybridized carbons (Fsp3) is 0.611. The zero-order chi connectivity index (χ0) is 14.8. The standard InChI is InChI=1S/C18H26O2/c1-13(17(19)20)10-14-6-4-7-15(11-14)16-8-5-9-18(2,3)12-16/h4,6-7,11,13,16H,5,8-10,12H2,1-3H3,(H,19,20). The van der Waals surface area contributed by atoms with E-state index >= 15 is 0 Å². The van der Waals surface area contributed by atoms with Crippen molar-refractivity contribution in [1.82, 2.24) is 0 Å². The Labute approximate surface area is 122 Å². The number of rotatable bonds is 4. The molecular formula is C18H26O2. The van der Waals surface area contributed by atoms with Crippen molar-refractivity contribution in [1.29, 1.82) is 0 Å². The Kier molecular flexibility index (Phi) is 4.52. The molecule has 1 aromatic carbocycles. The third-order valence-electron chi connectivity index (χ3n) is 4.59. The third-order valence-corrected chi connectivity index (χ3v) is 4.59. The van der Waals surface area contributed by atoms with E-state index in [0.29, 0.717) is 17.8 Å². The van der Waals surface area contributed by atoms with E-state index in [1.54, 1.807) is 6.92 Å². The van der Waals surface area contributed by atoms with Crippen LogP contribution in [0.25, 0.3) is 0 Å². The van der Waals surface area contributed by atoms with Crippen LogP contribution in [0.1, 0.15) is 63.5 Å².